The van der Waals surface area contributed by atoms with Crippen LogP contribution in [0.4, 0.5) is 4.79 Å². The summed E-state index contributed by atoms with van der Waals surface area (Å²) < 4.78 is 5.42. The molecular formula is C21H21N5O4. The smallest absolute Gasteiger partial charge is 0.407 e. The number of hydrogen-bond acceptors (Lipinski definition) is 6. The number of benzene rings is 2. The highest BCUT2D eigenvalue weighted by Gasteiger charge is 2.29. The number of aliphatic carboxylic acids is 1. The molecule has 1 aromatic heterocycles. The molecule has 0 saturated heterocycles. The number of fused-ring (bicyclic) bond motifs is 3. The van der Waals surface area contributed by atoms with Crippen molar-refractivity contribution in [1.82, 2.24) is 25.9 Å². The van der Waals surface area contributed by atoms with Gasteiger partial charge in [-0.15, -0.1) is 10.2 Å². The number of carboxylic acid groups (broad SMARTS) is 1. The van der Waals surface area contributed by atoms with Crippen LogP contribution in [-0.4, -0.2) is 50.4 Å². The lowest BCUT2D eigenvalue weighted by Crippen LogP contribution is -2.41. The van der Waals surface area contributed by atoms with Gasteiger partial charge in [0.1, 0.15) is 12.6 Å². The molecule has 0 saturated carbocycles. The lowest BCUT2D eigenvalue weighted by Gasteiger charge is -2.17. The van der Waals surface area contributed by atoms with E-state index >= 15 is 0 Å². The number of rotatable bonds is 8. The van der Waals surface area contributed by atoms with Crippen molar-refractivity contribution in [1.29, 1.82) is 0 Å². The minimum Gasteiger partial charge on any atom is -0.480 e. The minimum absolute atomic E-state index is 0.0790. The molecule has 0 spiro atoms. The normalized spacial score (nSPS) is 13.3. The molecule has 1 atom stereocenters. The first-order chi connectivity index (χ1) is 14.6. The second-order valence-corrected chi connectivity index (χ2v) is 7.08. The summed E-state index contributed by atoms with van der Waals surface area (Å²) in [7, 11) is 0. The number of hydrogen-bond donors (Lipinski definition) is 3. The molecule has 0 bridgehead atoms. The second kappa shape index (κ2) is 8.73. The maximum atomic E-state index is 12.3. The van der Waals surface area contributed by atoms with Crippen molar-refractivity contribution in [3.05, 3.63) is 65.5 Å². The SMILES string of the molecule is O=C(NC(CCCc1nn[nH]n1)C(=O)O)OCC1c2ccccc2-c2ccccc21. The van der Waals surface area contributed by atoms with Crippen LogP contribution in [0.25, 0.3) is 11.1 Å². The van der Waals surface area contributed by atoms with E-state index in [9.17, 15) is 14.7 Å². The van der Waals surface area contributed by atoms with Crippen molar-refractivity contribution in [2.45, 2.75) is 31.2 Å². The standard InChI is InChI=1S/C21H21N5O4/c27-20(28)18(10-5-11-19-23-25-26-24-19)22-21(29)30-12-17-15-8-3-1-6-13(15)14-7-2-4-9-16(14)17/h1-4,6-9,17-18H,5,10-12H2,(H,22,29)(H,27,28)(H,23,24,25,26). The topological polar surface area (TPSA) is 130 Å². The van der Waals surface area contributed by atoms with Crippen LogP contribution < -0.4 is 5.32 Å². The van der Waals surface area contributed by atoms with E-state index in [1.807, 2.05) is 36.4 Å². The van der Waals surface area contributed by atoms with E-state index < -0.39 is 18.1 Å². The average molecular weight is 407 g/mol. The molecule has 0 aliphatic heterocycles. The molecular weight excluding hydrogens is 386 g/mol. The van der Waals surface area contributed by atoms with Gasteiger partial charge in [0, 0.05) is 12.3 Å². The van der Waals surface area contributed by atoms with E-state index in [1.165, 1.54) is 0 Å². The van der Waals surface area contributed by atoms with Gasteiger partial charge in [0.2, 0.25) is 0 Å². The van der Waals surface area contributed by atoms with Gasteiger partial charge in [-0.2, -0.15) is 5.21 Å². The first-order valence-electron chi connectivity index (χ1n) is 9.70. The third-order valence-electron chi connectivity index (χ3n) is 5.22. The molecule has 1 heterocycles. The Hall–Kier alpha value is -3.75. The number of carboxylic acids is 1. The predicted molar refractivity (Wildman–Crippen MR) is 107 cm³/mol. The Kier molecular flexibility index (Phi) is 5.69. The minimum atomic E-state index is -1.11. The van der Waals surface area contributed by atoms with E-state index in [0.29, 0.717) is 18.7 Å². The van der Waals surface area contributed by atoms with Crippen molar-refractivity contribution < 1.29 is 19.4 Å². The first kappa shape index (κ1) is 19.6. The van der Waals surface area contributed by atoms with Crippen LogP contribution in [0.15, 0.2) is 48.5 Å². The Morgan fingerprint density at radius 3 is 2.37 bits per heavy atom. The summed E-state index contributed by atoms with van der Waals surface area (Å²) in [5, 5.41) is 25.3. The summed E-state index contributed by atoms with van der Waals surface area (Å²) in [4.78, 5) is 23.8. The van der Waals surface area contributed by atoms with Gasteiger partial charge in [-0.1, -0.05) is 53.7 Å². The lowest BCUT2D eigenvalue weighted by molar-refractivity contribution is -0.139. The van der Waals surface area contributed by atoms with E-state index in [-0.39, 0.29) is 18.9 Å². The van der Waals surface area contributed by atoms with E-state index in [0.717, 1.165) is 22.3 Å². The second-order valence-electron chi connectivity index (χ2n) is 7.08. The summed E-state index contributed by atoms with van der Waals surface area (Å²) in [6.07, 6.45) is 0.435. The van der Waals surface area contributed by atoms with Gasteiger partial charge in [-0.05, 0) is 35.1 Å². The molecule has 1 aliphatic rings. The highest BCUT2D eigenvalue weighted by Crippen LogP contribution is 2.44. The Balaban J connectivity index is 1.35. The Labute approximate surface area is 172 Å². The molecule has 30 heavy (non-hydrogen) atoms. The number of aromatic amines is 1. The quantitative estimate of drug-likeness (QED) is 0.523. The summed E-state index contributed by atoms with van der Waals surface area (Å²) >= 11 is 0. The van der Waals surface area contributed by atoms with Gasteiger partial charge < -0.3 is 15.2 Å². The number of nitrogens with one attached hydrogen (secondary N) is 2. The number of ether oxygens (including phenoxy) is 1. The van der Waals surface area contributed by atoms with Crippen molar-refractivity contribution in [2.24, 2.45) is 0 Å². The van der Waals surface area contributed by atoms with Crippen molar-refractivity contribution in [2.75, 3.05) is 6.61 Å². The van der Waals surface area contributed by atoms with Crippen LogP contribution in [0.2, 0.25) is 0 Å². The third kappa shape index (κ3) is 4.14. The van der Waals surface area contributed by atoms with Crippen molar-refractivity contribution in [3.63, 3.8) is 0 Å². The summed E-state index contributed by atoms with van der Waals surface area (Å²) in [5.41, 5.74) is 4.46. The molecule has 3 N–H and O–H groups in total. The zero-order valence-electron chi connectivity index (χ0n) is 16.1. The number of aromatic nitrogens is 4. The zero-order chi connectivity index (χ0) is 20.9. The molecule has 154 valence electrons. The number of carbonyl (C=O) groups excluding carboxylic acids is 1. The molecule has 0 radical (unpaired) electrons. The number of tetrazole rings is 1. The predicted octanol–water partition coefficient (Wildman–Crippen LogP) is 2.51. The molecule has 1 unspecified atom stereocenters. The summed E-state index contributed by atoms with van der Waals surface area (Å²) in [6, 6.07) is 15.0. The van der Waals surface area contributed by atoms with Crippen LogP contribution >= 0.6 is 0 Å². The fraction of sp³-hybridized carbons (Fsp3) is 0.286. The van der Waals surface area contributed by atoms with Crippen LogP contribution in [0.3, 0.4) is 0 Å². The van der Waals surface area contributed by atoms with Gasteiger partial charge in [-0.25, -0.2) is 9.59 Å². The fourth-order valence-corrected chi connectivity index (χ4v) is 3.79. The summed E-state index contributed by atoms with van der Waals surface area (Å²) in [5.74, 6) is -0.693. The Morgan fingerprint density at radius 1 is 1.10 bits per heavy atom. The number of aryl methyl sites for hydroxylation is 1. The molecule has 0 fully saturated rings. The maximum absolute atomic E-state index is 12.3. The molecule has 4 rings (SSSR count). The Morgan fingerprint density at radius 2 is 1.77 bits per heavy atom. The van der Waals surface area contributed by atoms with E-state index in [2.05, 4.69) is 38.1 Å². The third-order valence-corrected chi connectivity index (χ3v) is 5.22. The van der Waals surface area contributed by atoms with Crippen LogP contribution in [0, 0.1) is 0 Å². The highest BCUT2D eigenvalue weighted by molar-refractivity contribution is 5.81. The van der Waals surface area contributed by atoms with Gasteiger partial charge in [0.05, 0.1) is 0 Å². The number of amides is 1. The number of alkyl carbamates (subject to hydrolysis) is 1. The molecule has 1 amide bonds. The van der Waals surface area contributed by atoms with Crippen LogP contribution in [0.5, 0.6) is 0 Å². The molecule has 1 aliphatic carbocycles. The van der Waals surface area contributed by atoms with Crippen molar-refractivity contribution in [3.8, 4) is 11.1 Å². The molecule has 9 nitrogen and oxygen atoms in total. The summed E-state index contributed by atoms with van der Waals surface area (Å²) in [6.45, 7) is 0.134. The highest BCUT2D eigenvalue weighted by atomic mass is 16.5. The number of H-pyrrole nitrogens is 1. The number of nitrogens with zero attached hydrogens (tertiary/aromatic N) is 3. The molecule has 3 aromatic rings. The maximum Gasteiger partial charge on any atom is 0.407 e. The fourth-order valence-electron chi connectivity index (χ4n) is 3.79. The average Bonchev–Trinajstić information content (AvgIpc) is 3.38. The largest absolute Gasteiger partial charge is 0.480 e. The van der Waals surface area contributed by atoms with Crippen LogP contribution in [0.1, 0.15) is 35.7 Å². The monoisotopic (exact) mass is 407 g/mol. The van der Waals surface area contributed by atoms with Gasteiger partial charge in [-0.3, -0.25) is 0 Å². The van der Waals surface area contributed by atoms with E-state index in [4.69, 9.17) is 4.74 Å². The lowest BCUT2D eigenvalue weighted by atomic mass is 9.98. The van der Waals surface area contributed by atoms with Crippen molar-refractivity contribution >= 4 is 12.1 Å². The zero-order valence-corrected chi connectivity index (χ0v) is 16.1. The van der Waals surface area contributed by atoms with Gasteiger partial charge >= 0.3 is 12.1 Å². The Bertz CT molecular complexity index is 992. The number of carbonyl (C=O) groups is 2. The van der Waals surface area contributed by atoms with Gasteiger partial charge in [0.25, 0.3) is 0 Å². The van der Waals surface area contributed by atoms with E-state index in [1.54, 1.807) is 0 Å². The van der Waals surface area contributed by atoms with Crippen LogP contribution in [-0.2, 0) is 16.0 Å². The van der Waals surface area contributed by atoms with Gasteiger partial charge in [0.15, 0.2) is 5.82 Å². The molecule has 2 aromatic carbocycles. The molecule has 9 heteroatoms. The first-order valence-corrected chi connectivity index (χ1v) is 9.70.